The van der Waals surface area contributed by atoms with Gasteiger partial charge in [-0.25, -0.2) is 4.39 Å². The van der Waals surface area contributed by atoms with Crippen LogP contribution in [0.15, 0.2) is 18.2 Å². The molecule has 0 unspecified atom stereocenters. The second-order valence-electron chi connectivity index (χ2n) is 5.49. The summed E-state index contributed by atoms with van der Waals surface area (Å²) in [5.74, 6) is 0.572. The zero-order valence-electron chi connectivity index (χ0n) is 12.4. The second kappa shape index (κ2) is 6.93. The Morgan fingerprint density at radius 2 is 1.95 bits per heavy atom. The van der Waals surface area contributed by atoms with E-state index in [9.17, 15) is 4.39 Å². The Morgan fingerprint density at radius 1 is 1.30 bits per heavy atom. The smallest absolute Gasteiger partial charge is 0.143 e. The third-order valence-electron chi connectivity index (χ3n) is 4.01. The van der Waals surface area contributed by atoms with Crippen molar-refractivity contribution in [2.75, 3.05) is 18.0 Å². The molecule has 1 aliphatic heterocycles. The number of hydrogen-bond donors (Lipinski definition) is 1. The van der Waals surface area contributed by atoms with E-state index >= 15 is 0 Å². The van der Waals surface area contributed by atoms with E-state index in [1.54, 1.807) is 12.1 Å². The Kier molecular flexibility index (Phi) is 5.24. The molecule has 1 saturated heterocycles. The lowest BCUT2D eigenvalue weighted by molar-refractivity contribution is 0.193. The molecular formula is C16H25FN2O. The van der Waals surface area contributed by atoms with Gasteiger partial charge >= 0.3 is 0 Å². The fourth-order valence-corrected chi connectivity index (χ4v) is 2.61. The predicted octanol–water partition coefficient (Wildman–Crippen LogP) is 3.32. The number of benzene rings is 1. The minimum atomic E-state index is -0.216. The highest BCUT2D eigenvalue weighted by Crippen LogP contribution is 2.32. The number of nitrogens with two attached hydrogens (primary N) is 1. The van der Waals surface area contributed by atoms with Crippen molar-refractivity contribution < 1.29 is 9.13 Å². The monoisotopic (exact) mass is 280 g/mol. The molecule has 1 heterocycles. The Bertz CT molecular complexity index is 426. The Hall–Kier alpha value is -1.29. The van der Waals surface area contributed by atoms with Gasteiger partial charge in [0.25, 0.3) is 0 Å². The highest BCUT2D eigenvalue weighted by atomic mass is 19.1. The average Bonchev–Trinajstić information content (AvgIpc) is 2.47. The van der Waals surface area contributed by atoms with E-state index < -0.39 is 0 Å². The Morgan fingerprint density at radius 3 is 2.55 bits per heavy atom. The second-order valence-corrected chi connectivity index (χ2v) is 5.49. The summed E-state index contributed by atoms with van der Waals surface area (Å²) in [5.41, 5.74) is 6.80. The van der Waals surface area contributed by atoms with Gasteiger partial charge in [-0.05, 0) is 37.8 Å². The van der Waals surface area contributed by atoms with Gasteiger partial charge in [0.15, 0.2) is 0 Å². The molecule has 112 valence electrons. The fraction of sp³-hybridized carbons (Fsp3) is 0.625. The zero-order chi connectivity index (χ0) is 14.5. The number of rotatable bonds is 5. The number of ether oxygens (including phenoxy) is 1. The minimum Gasteiger partial charge on any atom is -0.488 e. The zero-order valence-corrected chi connectivity index (χ0v) is 12.4. The van der Waals surface area contributed by atoms with Crippen LogP contribution in [0.1, 0.15) is 39.5 Å². The molecule has 2 N–H and O–H groups in total. The van der Waals surface area contributed by atoms with Crippen LogP contribution in [-0.2, 0) is 0 Å². The number of hydrogen-bond acceptors (Lipinski definition) is 3. The first-order chi connectivity index (χ1) is 9.63. The van der Waals surface area contributed by atoms with Gasteiger partial charge in [0, 0.05) is 25.2 Å². The number of piperidine rings is 1. The SMILES string of the molecule is CCC(CC)Oc1ccc(F)cc1N1CCC(N)CC1. The first-order valence-corrected chi connectivity index (χ1v) is 7.60. The Labute approximate surface area is 120 Å². The summed E-state index contributed by atoms with van der Waals surface area (Å²) < 4.78 is 19.6. The van der Waals surface area contributed by atoms with Crippen LogP contribution in [0.5, 0.6) is 5.75 Å². The predicted molar refractivity (Wildman–Crippen MR) is 80.8 cm³/mol. The van der Waals surface area contributed by atoms with E-state index in [1.165, 1.54) is 6.07 Å². The van der Waals surface area contributed by atoms with Crippen molar-refractivity contribution in [3.05, 3.63) is 24.0 Å². The molecule has 1 aliphatic rings. The molecule has 0 atom stereocenters. The first kappa shape index (κ1) is 15.1. The van der Waals surface area contributed by atoms with Gasteiger partial charge in [0.1, 0.15) is 11.6 Å². The molecule has 2 rings (SSSR count). The molecule has 3 nitrogen and oxygen atoms in total. The number of halogens is 1. The number of anilines is 1. The van der Waals surface area contributed by atoms with E-state index in [-0.39, 0.29) is 18.0 Å². The van der Waals surface area contributed by atoms with Gasteiger partial charge in [0.05, 0.1) is 11.8 Å². The van der Waals surface area contributed by atoms with Gasteiger partial charge in [-0.2, -0.15) is 0 Å². The minimum absolute atomic E-state index is 0.186. The van der Waals surface area contributed by atoms with Crippen molar-refractivity contribution in [3.63, 3.8) is 0 Å². The fourth-order valence-electron chi connectivity index (χ4n) is 2.61. The summed E-state index contributed by atoms with van der Waals surface area (Å²) in [7, 11) is 0. The summed E-state index contributed by atoms with van der Waals surface area (Å²) in [6.07, 6.45) is 3.99. The van der Waals surface area contributed by atoms with Crippen LogP contribution in [0.2, 0.25) is 0 Å². The van der Waals surface area contributed by atoms with E-state index in [2.05, 4.69) is 18.7 Å². The highest BCUT2D eigenvalue weighted by molar-refractivity contribution is 5.59. The molecule has 1 aromatic carbocycles. The standard InChI is InChI=1S/C16H25FN2O/c1-3-14(4-2)20-16-6-5-12(17)11-15(16)19-9-7-13(18)8-10-19/h5-6,11,13-14H,3-4,7-10,18H2,1-2H3. The maximum Gasteiger partial charge on any atom is 0.143 e. The molecule has 0 radical (unpaired) electrons. The lowest BCUT2D eigenvalue weighted by Gasteiger charge is -2.33. The van der Waals surface area contributed by atoms with Gasteiger partial charge < -0.3 is 15.4 Å². The van der Waals surface area contributed by atoms with Crippen LogP contribution < -0.4 is 15.4 Å². The molecular weight excluding hydrogens is 255 g/mol. The molecule has 0 aliphatic carbocycles. The van der Waals surface area contributed by atoms with Crippen LogP contribution in [0.25, 0.3) is 0 Å². The van der Waals surface area contributed by atoms with Crippen LogP contribution in [0.4, 0.5) is 10.1 Å². The van der Waals surface area contributed by atoms with Gasteiger partial charge in [-0.1, -0.05) is 13.8 Å². The van der Waals surface area contributed by atoms with Crippen LogP contribution in [0, 0.1) is 5.82 Å². The van der Waals surface area contributed by atoms with E-state index in [4.69, 9.17) is 10.5 Å². The third kappa shape index (κ3) is 3.63. The van der Waals surface area contributed by atoms with E-state index in [0.717, 1.165) is 50.2 Å². The van der Waals surface area contributed by atoms with Crippen molar-refractivity contribution in [2.45, 2.75) is 51.7 Å². The molecule has 0 saturated carbocycles. The van der Waals surface area contributed by atoms with E-state index in [0.29, 0.717) is 0 Å². The molecule has 0 amide bonds. The van der Waals surface area contributed by atoms with Crippen LogP contribution in [-0.4, -0.2) is 25.2 Å². The maximum absolute atomic E-state index is 13.6. The van der Waals surface area contributed by atoms with Crippen LogP contribution in [0.3, 0.4) is 0 Å². The average molecular weight is 280 g/mol. The summed E-state index contributed by atoms with van der Waals surface area (Å²) >= 11 is 0. The summed E-state index contributed by atoms with van der Waals surface area (Å²) in [6.45, 7) is 5.95. The molecule has 1 aromatic rings. The molecule has 4 heteroatoms. The molecule has 0 aromatic heterocycles. The van der Waals surface area contributed by atoms with Gasteiger partial charge in [-0.3, -0.25) is 0 Å². The summed E-state index contributed by atoms with van der Waals surface area (Å²) in [5, 5.41) is 0. The lowest BCUT2D eigenvalue weighted by atomic mass is 10.1. The van der Waals surface area contributed by atoms with Gasteiger partial charge in [0.2, 0.25) is 0 Å². The molecule has 20 heavy (non-hydrogen) atoms. The lowest BCUT2D eigenvalue weighted by Crippen LogP contribution is -2.40. The number of nitrogens with zero attached hydrogens (tertiary/aromatic N) is 1. The molecule has 0 spiro atoms. The molecule has 0 bridgehead atoms. The topological polar surface area (TPSA) is 38.5 Å². The summed E-state index contributed by atoms with van der Waals surface area (Å²) in [4.78, 5) is 2.18. The normalized spacial score (nSPS) is 16.8. The van der Waals surface area contributed by atoms with Crippen molar-refractivity contribution in [2.24, 2.45) is 5.73 Å². The van der Waals surface area contributed by atoms with Crippen molar-refractivity contribution in [1.29, 1.82) is 0 Å². The van der Waals surface area contributed by atoms with Crippen molar-refractivity contribution in [1.82, 2.24) is 0 Å². The third-order valence-corrected chi connectivity index (χ3v) is 4.01. The Balaban J connectivity index is 2.19. The largest absolute Gasteiger partial charge is 0.488 e. The summed E-state index contributed by atoms with van der Waals surface area (Å²) in [6, 6.07) is 5.06. The van der Waals surface area contributed by atoms with E-state index in [1.807, 2.05) is 0 Å². The maximum atomic E-state index is 13.6. The van der Waals surface area contributed by atoms with Crippen LogP contribution >= 0.6 is 0 Å². The van der Waals surface area contributed by atoms with Crippen molar-refractivity contribution >= 4 is 5.69 Å². The molecule has 1 fully saturated rings. The quantitative estimate of drug-likeness (QED) is 0.899. The van der Waals surface area contributed by atoms with Gasteiger partial charge in [-0.15, -0.1) is 0 Å². The van der Waals surface area contributed by atoms with Crippen molar-refractivity contribution in [3.8, 4) is 5.75 Å². The highest BCUT2D eigenvalue weighted by Gasteiger charge is 2.20. The first-order valence-electron chi connectivity index (χ1n) is 7.60.